The molecule has 1 atom stereocenters. The van der Waals surface area contributed by atoms with Gasteiger partial charge in [0.25, 0.3) is 0 Å². The smallest absolute Gasteiger partial charge is 0.133 e. The molecule has 2 aliphatic rings. The minimum absolute atomic E-state index is 0.317. The van der Waals surface area contributed by atoms with E-state index in [4.69, 9.17) is 9.72 Å². The standard InChI is InChI=1S/C16H25N3O/c1-2-8-17-15-11-14(12-6-7-12)18-16(19-15)10-13-5-3-4-9-20-13/h11-13H,2-10H2,1H3,(H,17,18,19). The van der Waals surface area contributed by atoms with Gasteiger partial charge in [0.2, 0.25) is 0 Å². The van der Waals surface area contributed by atoms with E-state index in [9.17, 15) is 0 Å². The van der Waals surface area contributed by atoms with Gasteiger partial charge >= 0.3 is 0 Å². The molecule has 1 saturated carbocycles. The third-order valence-corrected chi connectivity index (χ3v) is 4.03. The second-order valence-corrected chi connectivity index (χ2v) is 5.99. The summed E-state index contributed by atoms with van der Waals surface area (Å²) < 4.78 is 5.82. The molecule has 1 N–H and O–H groups in total. The lowest BCUT2D eigenvalue weighted by Gasteiger charge is -2.22. The van der Waals surface area contributed by atoms with Gasteiger partial charge in [-0.15, -0.1) is 0 Å². The zero-order valence-electron chi connectivity index (χ0n) is 12.4. The second-order valence-electron chi connectivity index (χ2n) is 5.99. The molecule has 1 aliphatic carbocycles. The summed E-state index contributed by atoms with van der Waals surface area (Å²) in [6, 6.07) is 2.14. The number of rotatable bonds is 6. The lowest BCUT2D eigenvalue weighted by Crippen LogP contribution is -2.23. The largest absolute Gasteiger partial charge is 0.378 e. The molecule has 20 heavy (non-hydrogen) atoms. The molecule has 0 amide bonds. The molecular formula is C16H25N3O. The maximum Gasteiger partial charge on any atom is 0.133 e. The summed E-state index contributed by atoms with van der Waals surface area (Å²) in [5.41, 5.74) is 1.23. The number of nitrogens with zero attached hydrogens (tertiary/aromatic N) is 2. The van der Waals surface area contributed by atoms with Crippen molar-refractivity contribution in [3.8, 4) is 0 Å². The van der Waals surface area contributed by atoms with Crippen LogP contribution in [0.1, 0.15) is 62.9 Å². The molecule has 1 aromatic heterocycles. The van der Waals surface area contributed by atoms with Crippen molar-refractivity contribution < 1.29 is 4.74 Å². The summed E-state index contributed by atoms with van der Waals surface area (Å²) in [4.78, 5) is 9.44. The highest BCUT2D eigenvalue weighted by atomic mass is 16.5. The van der Waals surface area contributed by atoms with E-state index in [0.717, 1.165) is 44.1 Å². The van der Waals surface area contributed by atoms with Crippen LogP contribution in [0.4, 0.5) is 5.82 Å². The number of aromatic nitrogens is 2. The van der Waals surface area contributed by atoms with Crippen molar-refractivity contribution in [2.45, 2.75) is 63.9 Å². The molecule has 4 nitrogen and oxygen atoms in total. The Hall–Kier alpha value is -1.16. The molecule has 0 aromatic carbocycles. The zero-order valence-corrected chi connectivity index (χ0v) is 12.4. The van der Waals surface area contributed by atoms with Crippen LogP contribution in [0.15, 0.2) is 6.07 Å². The van der Waals surface area contributed by atoms with E-state index in [1.165, 1.54) is 31.4 Å². The van der Waals surface area contributed by atoms with Crippen molar-refractivity contribution in [1.82, 2.24) is 9.97 Å². The molecule has 0 bridgehead atoms. The number of nitrogens with one attached hydrogen (secondary N) is 1. The van der Waals surface area contributed by atoms with Crippen LogP contribution in [0.2, 0.25) is 0 Å². The molecule has 110 valence electrons. The Bertz CT molecular complexity index is 439. The Kier molecular flexibility index (Phi) is 4.51. The van der Waals surface area contributed by atoms with Gasteiger partial charge in [-0.3, -0.25) is 0 Å². The van der Waals surface area contributed by atoms with Gasteiger partial charge in [-0.2, -0.15) is 0 Å². The number of hydrogen-bond donors (Lipinski definition) is 1. The van der Waals surface area contributed by atoms with Crippen LogP contribution in [0.5, 0.6) is 0 Å². The summed E-state index contributed by atoms with van der Waals surface area (Å²) in [7, 11) is 0. The number of ether oxygens (including phenoxy) is 1. The normalized spacial score (nSPS) is 22.8. The first-order valence-electron chi connectivity index (χ1n) is 8.08. The minimum atomic E-state index is 0.317. The van der Waals surface area contributed by atoms with Gasteiger partial charge in [0.1, 0.15) is 11.6 Å². The molecule has 1 aliphatic heterocycles. The van der Waals surface area contributed by atoms with Gasteiger partial charge in [-0.05, 0) is 38.5 Å². The van der Waals surface area contributed by atoms with Crippen LogP contribution in [-0.2, 0) is 11.2 Å². The fourth-order valence-electron chi connectivity index (χ4n) is 2.71. The first kappa shape index (κ1) is 13.8. The first-order valence-corrected chi connectivity index (χ1v) is 8.08. The van der Waals surface area contributed by atoms with Gasteiger partial charge < -0.3 is 10.1 Å². The summed E-state index contributed by atoms with van der Waals surface area (Å²) >= 11 is 0. The highest BCUT2D eigenvalue weighted by molar-refractivity contribution is 5.38. The molecular weight excluding hydrogens is 250 g/mol. The third-order valence-electron chi connectivity index (χ3n) is 4.03. The maximum atomic E-state index is 5.82. The number of hydrogen-bond acceptors (Lipinski definition) is 4. The monoisotopic (exact) mass is 275 g/mol. The molecule has 2 heterocycles. The van der Waals surface area contributed by atoms with Crippen LogP contribution in [-0.4, -0.2) is 29.2 Å². The third kappa shape index (κ3) is 3.69. The lowest BCUT2D eigenvalue weighted by molar-refractivity contribution is 0.0156. The van der Waals surface area contributed by atoms with Crippen LogP contribution in [0.3, 0.4) is 0 Å². The quantitative estimate of drug-likeness (QED) is 0.865. The van der Waals surface area contributed by atoms with E-state index in [-0.39, 0.29) is 0 Å². The van der Waals surface area contributed by atoms with Gasteiger partial charge in [0, 0.05) is 37.3 Å². The Morgan fingerprint density at radius 2 is 2.15 bits per heavy atom. The molecule has 1 saturated heterocycles. The van der Waals surface area contributed by atoms with E-state index in [1.807, 2.05) is 0 Å². The lowest BCUT2D eigenvalue weighted by atomic mass is 10.1. The van der Waals surface area contributed by atoms with E-state index < -0.39 is 0 Å². The molecule has 4 heteroatoms. The Labute approximate surface area is 121 Å². The summed E-state index contributed by atoms with van der Waals surface area (Å²) in [6.45, 7) is 4.04. The second kappa shape index (κ2) is 6.53. The minimum Gasteiger partial charge on any atom is -0.378 e. The molecule has 1 unspecified atom stereocenters. The Morgan fingerprint density at radius 1 is 1.25 bits per heavy atom. The first-order chi connectivity index (χ1) is 9.85. The number of anilines is 1. The van der Waals surface area contributed by atoms with E-state index >= 15 is 0 Å². The van der Waals surface area contributed by atoms with Crippen LogP contribution in [0, 0.1) is 0 Å². The molecule has 1 aromatic rings. The molecule has 2 fully saturated rings. The van der Waals surface area contributed by atoms with E-state index in [1.54, 1.807) is 0 Å². The van der Waals surface area contributed by atoms with Gasteiger partial charge in [-0.25, -0.2) is 9.97 Å². The van der Waals surface area contributed by atoms with Crippen molar-refractivity contribution in [3.05, 3.63) is 17.6 Å². The molecule has 3 rings (SSSR count). The highest BCUT2D eigenvalue weighted by Gasteiger charge is 2.26. The average molecular weight is 275 g/mol. The average Bonchev–Trinajstić information content (AvgIpc) is 3.31. The van der Waals surface area contributed by atoms with Crippen LogP contribution in [0.25, 0.3) is 0 Å². The van der Waals surface area contributed by atoms with E-state index in [0.29, 0.717) is 12.0 Å². The van der Waals surface area contributed by atoms with Crippen molar-refractivity contribution in [1.29, 1.82) is 0 Å². The summed E-state index contributed by atoms with van der Waals surface area (Å²) in [5.74, 6) is 2.63. The Balaban J connectivity index is 1.71. The molecule has 0 spiro atoms. The summed E-state index contributed by atoms with van der Waals surface area (Å²) in [6.07, 6.45) is 8.47. The zero-order chi connectivity index (χ0) is 13.8. The maximum absolute atomic E-state index is 5.82. The van der Waals surface area contributed by atoms with Crippen molar-refractivity contribution in [2.24, 2.45) is 0 Å². The van der Waals surface area contributed by atoms with Crippen molar-refractivity contribution >= 4 is 5.82 Å². The van der Waals surface area contributed by atoms with Gasteiger partial charge in [0.05, 0.1) is 6.10 Å². The van der Waals surface area contributed by atoms with E-state index in [2.05, 4.69) is 23.3 Å². The highest BCUT2D eigenvalue weighted by Crippen LogP contribution is 2.39. The SMILES string of the molecule is CCCNc1cc(C2CC2)nc(CC2CCCCO2)n1. The van der Waals surface area contributed by atoms with Crippen molar-refractivity contribution in [3.63, 3.8) is 0 Å². The topological polar surface area (TPSA) is 47.0 Å². The fraction of sp³-hybridized carbons (Fsp3) is 0.750. The van der Waals surface area contributed by atoms with Crippen LogP contribution >= 0.6 is 0 Å². The van der Waals surface area contributed by atoms with Crippen molar-refractivity contribution in [2.75, 3.05) is 18.5 Å². The Morgan fingerprint density at radius 3 is 2.85 bits per heavy atom. The predicted octanol–water partition coefficient (Wildman–Crippen LogP) is 3.29. The van der Waals surface area contributed by atoms with Gasteiger partial charge in [-0.1, -0.05) is 6.92 Å². The predicted molar refractivity (Wildman–Crippen MR) is 80.1 cm³/mol. The molecule has 0 radical (unpaired) electrons. The van der Waals surface area contributed by atoms with Crippen LogP contribution < -0.4 is 5.32 Å². The van der Waals surface area contributed by atoms with Gasteiger partial charge in [0.15, 0.2) is 0 Å². The fourth-order valence-corrected chi connectivity index (χ4v) is 2.71. The summed E-state index contributed by atoms with van der Waals surface area (Å²) in [5, 5.41) is 3.40.